The summed E-state index contributed by atoms with van der Waals surface area (Å²) in [5.41, 5.74) is 4.43. The van der Waals surface area contributed by atoms with Crippen LogP contribution in [-0.2, 0) is 39.7 Å². The summed E-state index contributed by atoms with van der Waals surface area (Å²) in [6, 6.07) is 15.3. The molecule has 0 saturated carbocycles. The molecule has 9 N–H and O–H groups in total. The molecule has 0 unspecified atom stereocenters. The van der Waals surface area contributed by atoms with Crippen LogP contribution in [0.4, 0.5) is 40.3 Å². The molecule has 26 heteroatoms. The van der Waals surface area contributed by atoms with E-state index in [4.69, 9.17) is 22.6 Å². The van der Waals surface area contributed by atoms with Crippen molar-refractivity contribution in [2.24, 2.45) is 10.2 Å². The van der Waals surface area contributed by atoms with Crippen LogP contribution in [0, 0.1) is 0 Å². The summed E-state index contributed by atoms with van der Waals surface area (Å²) in [5, 5.41) is 37.3. The molecular weight excluding hydrogens is 832 g/mol. The SMILES string of the molecule is Nc1cc(Nc2nc(Cl)nc(Nc3cc(S(=O)(=O)O)cc4cc(SOOO)c(/N=N/c5ccc6ccccc6c5S(=O)(=O)O)c(O)c34)n2)ccc1S(=O)(=O)O. The van der Waals surface area contributed by atoms with Crippen LogP contribution < -0.4 is 16.4 Å². The summed E-state index contributed by atoms with van der Waals surface area (Å²) in [5.74, 6) is -1.41. The molecular formula is C29H21ClN8O13S4. The van der Waals surface area contributed by atoms with Gasteiger partial charge in [0.2, 0.25) is 17.2 Å². The minimum Gasteiger partial charge on any atom is -0.505 e. The van der Waals surface area contributed by atoms with Gasteiger partial charge in [0.1, 0.15) is 21.2 Å². The number of hydrogen-bond acceptors (Lipinski definition) is 19. The molecule has 286 valence electrons. The number of halogens is 1. The third-order valence-corrected chi connectivity index (χ3v) is 10.8. The van der Waals surface area contributed by atoms with E-state index >= 15 is 0 Å². The van der Waals surface area contributed by atoms with E-state index in [1.165, 1.54) is 36.4 Å². The lowest BCUT2D eigenvalue weighted by molar-refractivity contribution is -0.432. The predicted octanol–water partition coefficient (Wildman–Crippen LogP) is 6.19. The molecule has 1 heterocycles. The second-order valence-corrected chi connectivity index (χ2v) is 16.1. The number of hydrogen-bond donors (Lipinski definition) is 8. The monoisotopic (exact) mass is 852 g/mol. The second kappa shape index (κ2) is 15.1. The smallest absolute Gasteiger partial charge is 0.297 e. The van der Waals surface area contributed by atoms with E-state index in [2.05, 4.69) is 45.2 Å². The highest BCUT2D eigenvalue weighted by atomic mass is 35.5. The van der Waals surface area contributed by atoms with Gasteiger partial charge in [0, 0.05) is 16.5 Å². The maximum atomic E-state index is 12.5. The van der Waals surface area contributed by atoms with Crippen LogP contribution in [0.2, 0.25) is 5.28 Å². The van der Waals surface area contributed by atoms with E-state index in [1.54, 1.807) is 12.1 Å². The number of nitrogens with zero attached hydrogens (tertiary/aromatic N) is 5. The second-order valence-electron chi connectivity index (χ2n) is 10.9. The molecule has 5 aromatic carbocycles. The van der Waals surface area contributed by atoms with E-state index in [9.17, 15) is 44.0 Å². The fourth-order valence-corrected chi connectivity index (χ4v) is 7.81. The highest BCUT2D eigenvalue weighted by Gasteiger charge is 2.24. The van der Waals surface area contributed by atoms with Gasteiger partial charge in [0.15, 0.2) is 5.75 Å². The van der Waals surface area contributed by atoms with Crippen molar-refractivity contribution >= 4 is 116 Å². The lowest BCUT2D eigenvalue weighted by Crippen LogP contribution is -2.07. The van der Waals surface area contributed by atoms with Gasteiger partial charge in [-0.15, -0.1) is 14.6 Å². The highest BCUT2D eigenvalue weighted by molar-refractivity contribution is 7.94. The summed E-state index contributed by atoms with van der Waals surface area (Å²) >= 11 is 6.38. The summed E-state index contributed by atoms with van der Waals surface area (Å²) in [6.45, 7) is 0. The average molecular weight is 853 g/mol. The molecule has 0 radical (unpaired) electrons. The topological polar surface area (TPSA) is 335 Å². The molecule has 0 bridgehead atoms. The number of benzene rings is 5. The number of aromatic nitrogens is 3. The van der Waals surface area contributed by atoms with Gasteiger partial charge in [-0.05, 0) is 64.8 Å². The van der Waals surface area contributed by atoms with Crippen LogP contribution in [0.15, 0.2) is 103 Å². The Kier molecular flexibility index (Phi) is 10.8. The maximum absolute atomic E-state index is 12.5. The molecule has 0 aliphatic carbocycles. The fourth-order valence-electron chi connectivity index (χ4n) is 5.18. The number of nitrogens with two attached hydrogens (primary N) is 1. The van der Waals surface area contributed by atoms with E-state index in [0.29, 0.717) is 5.39 Å². The first-order chi connectivity index (χ1) is 25.8. The minimum absolute atomic E-state index is 0.100. The van der Waals surface area contributed by atoms with Gasteiger partial charge in [-0.3, -0.25) is 13.7 Å². The van der Waals surface area contributed by atoms with Crippen molar-refractivity contribution in [1.29, 1.82) is 0 Å². The summed E-state index contributed by atoms with van der Waals surface area (Å²) in [4.78, 5) is 9.94. The fraction of sp³-hybridized carbons (Fsp3) is 0. The van der Waals surface area contributed by atoms with Crippen molar-refractivity contribution in [1.82, 2.24) is 15.0 Å². The normalized spacial score (nSPS) is 12.5. The largest absolute Gasteiger partial charge is 0.505 e. The van der Waals surface area contributed by atoms with Gasteiger partial charge in [-0.1, -0.05) is 35.4 Å². The number of nitrogen functional groups attached to an aromatic ring is 1. The number of phenols is 1. The number of aromatic hydroxyl groups is 1. The molecule has 0 aliphatic heterocycles. The van der Waals surface area contributed by atoms with E-state index < -0.39 is 61.8 Å². The number of fused-ring (bicyclic) bond motifs is 2. The Morgan fingerprint density at radius 1 is 0.782 bits per heavy atom. The molecule has 21 nitrogen and oxygen atoms in total. The lowest BCUT2D eigenvalue weighted by Gasteiger charge is -2.15. The number of phenolic OH excluding ortho intramolecular Hbond substituents is 1. The molecule has 0 aliphatic rings. The van der Waals surface area contributed by atoms with Crippen LogP contribution in [0.25, 0.3) is 21.5 Å². The molecule has 0 atom stereocenters. The summed E-state index contributed by atoms with van der Waals surface area (Å²) < 4.78 is 107. The third-order valence-electron chi connectivity index (χ3n) is 7.35. The molecule has 0 saturated heterocycles. The van der Waals surface area contributed by atoms with Crippen LogP contribution >= 0.6 is 23.6 Å². The van der Waals surface area contributed by atoms with Crippen molar-refractivity contribution in [3.63, 3.8) is 0 Å². The summed E-state index contributed by atoms with van der Waals surface area (Å²) in [7, 11) is -14.5. The van der Waals surface area contributed by atoms with E-state index in [-0.39, 0.29) is 67.7 Å². The Bertz CT molecular complexity index is 2900. The molecule has 1 aromatic heterocycles. The van der Waals surface area contributed by atoms with Crippen molar-refractivity contribution in [2.45, 2.75) is 19.6 Å². The Labute approximate surface area is 318 Å². The van der Waals surface area contributed by atoms with Crippen molar-refractivity contribution in [3.8, 4) is 5.75 Å². The Morgan fingerprint density at radius 3 is 2.15 bits per heavy atom. The van der Waals surface area contributed by atoms with Gasteiger partial charge >= 0.3 is 0 Å². The van der Waals surface area contributed by atoms with E-state index in [0.717, 1.165) is 24.3 Å². The Balaban J connectivity index is 1.50. The van der Waals surface area contributed by atoms with Gasteiger partial charge in [-0.25, -0.2) is 5.26 Å². The minimum atomic E-state index is -4.93. The highest BCUT2D eigenvalue weighted by Crippen LogP contribution is 2.48. The van der Waals surface area contributed by atoms with Gasteiger partial charge < -0.3 is 21.5 Å². The third kappa shape index (κ3) is 8.66. The van der Waals surface area contributed by atoms with Gasteiger partial charge in [0.25, 0.3) is 30.4 Å². The zero-order valence-electron chi connectivity index (χ0n) is 26.8. The molecule has 6 aromatic rings. The van der Waals surface area contributed by atoms with Crippen LogP contribution in [0.1, 0.15) is 0 Å². The van der Waals surface area contributed by atoms with Gasteiger partial charge in [-0.2, -0.15) is 40.2 Å². The Morgan fingerprint density at radius 2 is 1.49 bits per heavy atom. The predicted molar refractivity (Wildman–Crippen MR) is 196 cm³/mol. The first-order valence-corrected chi connectivity index (χ1v) is 20.0. The number of azo groups is 1. The average Bonchev–Trinajstić information content (AvgIpc) is 3.08. The zero-order chi connectivity index (χ0) is 39.9. The van der Waals surface area contributed by atoms with E-state index in [1.807, 2.05) is 0 Å². The zero-order valence-corrected chi connectivity index (χ0v) is 30.8. The van der Waals surface area contributed by atoms with Crippen LogP contribution in [-0.4, -0.2) is 64.2 Å². The van der Waals surface area contributed by atoms with Crippen molar-refractivity contribution in [3.05, 3.63) is 78.1 Å². The van der Waals surface area contributed by atoms with Crippen molar-refractivity contribution in [2.75, 3.05) is 16.4 Å². The summed E-state index contributed by atoms with van der Waals surface area (Å²) in [6.07, 6.45) is 0. The molecule has 6 rings (SSSR count). The standard InChI is InChI=1S/C29H21ClN8O13S4/c30-27-34-28(32-15-6-8-22(18(31)11-15)54(44,45)46)36-29(35-27)33-20-12-16(53(41,42)43)9-14-10-21(52-51-50-40)24(25(39)23(14)20)38-37-19-7-5-13-3-1-2-4-17(13)26(19)55(47,48)49/h1-12,39-40H,31H2,(H,41,42,43)(H,44,45,46)(H,47,48,49)(H2,32,33,34,35,36)/b38-37+. The first-order valence-electron chi connectivity index (χ1n) is 14.5. The quantitative estimate of drug-likeness (QED) is 0.0170. The molecule has 55 heavy (non-hydrogen) atoms. The first kappa shape index (κ1) is 39.4. The van der Waals surface area contributed by atoms with Crippen molar-refractivity contribution < 1.29 is 58.6 Å². The number of nitrogens with one attached hydrogen (secondary N) is 2. The molecule has 0 spiro atoms. The van der Waals surface area contributed by atoms with Crippen LogP contribution in [0.3, 0.4) is 0 Å². The lowest BCUT2D eigenvalue weighted by atomic mass is 10.1. The number of rotatable bonds is 12. The molecule has 0 fully saturated rings. The van der Waals surface area contributed by atoms with Crippen LogP contribution in [0.5, 0.6) is 5.75 Å². The Hall–Kier alpha value is -5.32. The van der Waals surface area contributed by atoms with Gasteiger partial charge in [0.05, 0.1) is 33.2 Å². The maximum Gasteiger partial charge on any atom is 0.297 e. The number of anilines is 5. The molecule has 0 amide bonds.